The van der Waals surface area contributed by atoms with Crippen molar-refractivity contribution in [3.63, 3.8) is 0 Å². The van der Waals surface area contributed by atoms with E-state index in [4.69, 9.17) is 0 Å². The van der Waals surface area contributed by atoms with Crippen LogP contribution < -0.4 is 26.2 Å². The third-order valence-electron chi connectivity index (χ3n) is 18.9. The summed E-state index contributed by atoms with van der Waals surface area (Å²) in [7, 11) is 0. The summed E-state index contributed by atoms with van der Waals surface area (Å²) in [6, 6.07) is 64.0. The molecule has 0 aromatic heterocycles. The summed E-state index contributed by atoms with van der Waals surface area (Å²) in [5.41, 5.74) is 27.7. The molecule has 12 rings (SSSR count). The molecule has 3 heteroatoms. The van der Waals surface area contributed by atoms with Gasteiger partial charge in [0.25, 0.3) is 6.71 Å². The van der Waals surface area contributed by atoms with Crippen molar-refractivity contribution in [3.05, 3.63) is 208 Å². The van der Waals surface area contributed by atoms with Gasteiger partial charge in [-0.05, 0) is 186 Å². The molecule has 2 nitrogen and oxygen atoms in total. The number of fused-ring (bicyclic) bond motifs is 6. The predicted octanol–water partition coefficient (Wildman–Crippen LogP) is 17.7. The molecule has 2 aliphatic heterocycles. The molecule has 0 bridgehead atoms. The smallest absolute Gasteiger partial charge is 0.252 e. The number of aryl methyl sites for hydroxylation is 1. The molecule has 0 unspecified atom stereocenters. The highest BCUT2D eigenvalue weighted by Crippen LogP contribution is 2.54. The van der Waals surface area contributed by atoms with E-state index < -0.39 is 0 Å². The number of anilines is 6. The van der Waals surface area contributed by atoms with Crippen LogP contribution in [0.3, 0.4) is 0 Å². The van der Waals surface area contributed by atoms with Crippen LogP contribution in [0.4, 0.5) is 34.1 Å². The van der Waals surface area contributed by atoms with E-state index in [1.54, 1.807) is 0 Å². The SMILES string of the molecule is Cc1cc2c3c(c1)N(c1ccc(C(C)(C)C)cc1-c1ccc(-c4ccccc4)cc1)c1cc(C(C)(C)c4ccccc4)ccc1B3c1cc3c(cc1N2c1ccc2c(c1)C(C)(C)CCC2(C)C)C(C)(C)CCC3(C)C. The summed E-state index contributed by atoms with van der Waals surface area (Å²) in [5, 5.41) is 0. The van der Waals surface area contributed by atoms with Gasteiger partial charge in [0, 0.05) is 39.4 Å². The molecule has 0 spiro atoms. The van der Waals surface area contributed by atoms with Crippen LogP contribution in [-0.4, -0.2) is 6.71 Å². The van der Waals surface area contributed by atoms with Crippen molar-refractivity contribution < 1.29 is 0 Å². The van der Waals surface area contributed by atoms with Gasteiger partial charge in [-0.1, -0.05) is 205 Å². The van der Waals surface area contributed by atoms with Crippen LogP contribution >= 0.6 is 0 Å². The van der Waals surface area contributed by atoms with Crippen molar-refractivity contribution in [1.82, 2.24) is 0 Å². The largest absolute Gasteiger partial charge is 0.311 e. The van der Waals surface area contributed by atoms with Gasteiger partial charge < -0.3 is 9.80 Å². The second-order valence-corrected chi connectivity index (χ2v) is 27.2. The van der Waals surface area contributed by atoms with Gasteiger partial charge in [0.2, 0.25) is 0 Å². The van der Waals surface area contributed by atoms with Crippen LogP contribution in [0.15, 0.2) is 164 Å². The summed E-state index contributed by atoms with van der Waals surface area (Å²) in [4.78, 5) is 5.39. The molecular weight excluding hydrogens is 904 g/mol. The van der Waals surface area contributed by atoms with E-state index >= 15 is 0 Å². The average molecular weight is 981 g/mol. The lowest BCUT2D eigenvalue weighted by atomic mass is 9.33. The molecule has 4 aliphatic rings. The summed E-state index contributed by atoms with van der Waals surface area (Å²) in [5.74, 6) is 0. The Hall–Kier alpha value is -6.58. The minimum Gasteiger partial charge on any atom is -0.311 e. The molecule has 75 heavy (non-hydrogen) atoms. The highest BCUT2D eigenvalue weighted by Gasteiger charge is 2.48. The fraction of sp³-hybridized carbons (Fsp3) is 0.333. The maximum Gasteiger partial charge on any atom is 0.252 e. The zero-order valence-electron chi connectivity index (χ0n) is 47.4. The molecule has 8 aromatic rings. The van der Waals surface area contributed by atoms with Crippen molar-refractivity contribution in [2.45, 2.75) is 155 Å². The maximum absolute atomic E-state index is 2.70. The van der Waals surface area contributed by atoms with E-state index in [2.05, 4.69) is 271 Å². The van der Waals surface area contributed by atoms with Gasteiger partial charge in [0.05, 0.1) is 5.69 Å². The highest BCUT2D eigenvalue weighted by molar-refractivity contribution is 7.00. The van der Waals surface area contributed by atoms with E-state index in [0.717, 1.165) is 0 Å². The molecule has 0 fully saturated rings. The lowest BCUT2D eigenvalue weighted by Crippen LogP contribution is -2.62. The fourth-order valence-corrected chi connectivity index (χ4v) is 13.8. The summed E-state index contributed by atoms with van der Waals surface area (Å²) in [6.45, 7) is 34.0. The summed E-state index contributed by atoms with van der Waals surface area (Å²) in [6.07, 6.45) is 4.70. The van der Waals surface area contributed by atoms with Gasteiger partial charge >= 0.3 is 0 Å². The minimum absolute atomic E-state index is 0.00332. The Labute approximate surface area is 450 Å². The zero-order chi connectivity index (χ0) is 52.8. The minimum atomic E-state index is -0.253. The first kappa shape index (κ1) is 49.3. The standard InChI is InChI=1S/C72H77BN2/c1-46-39-64-66-65(40-46)75(61-34-30-51(67(2,3)4)41-54(61)49-27-25-48(26-28-49)47-21-17-15-18-22-47)62-42-52(72(13,14)50-23-19-16-20-24-50)29-33-59(62)73(66)60-44-57-58(71(11,12)38-37-70(57,9)10)45-63(60)74(64)53-31-32-55-56(43-53)69(7,8)36-35-68(55,5)6/h15-34,39-45H,35-38H2,1-14H3. The Morgan fingerprint density at radius 2 is 0.907 bits per heavy atom. The summed E-state index contributed by atoms with van der Waals surface area (Å²) >= 11 is 0. The van der Waals surface area contributed by atoms with Crippen molar-refractivity contribution in [3.8, 4) is 22.3 Å². The van der Waals surface area contributed by atoms with E-state index in [0.29, 0.717) is 0 Å². The molecule has 8 aromatic carbocycles. The number of rotatable bonds is 6. The van der Waals surface area contributed by atoms with Crippen molar-refractivity contribution in [2.75, 3.05) is 9.80 Å². The van der Waals surface area contributed by atoms with Crippen molar-refractivity contribution >= 4 is 57.2 Å². The molecule has 0 saturated carbocycles. The number of hydrogen-bond donors (Lipinski definition) is 0. The fourth-order valence-electron chi connectivity index (χ4n) is 13.8. The van der Waals surface area contributed by atoms with Crippen LogP contribution in [0.5, 0.6) is 0 Å². The van der Waals surface area contributed by atoms with Gasteiger partial charge in [0.15, 0.2) is 0 Å². The number of benzene rings is 8. The van der Waals surface area contributed by atoms with Crippen molar-refractivity contribution in [1.29, 1.82) is 0 Å². The van der Waals surface area contributed by atoms with Crippen LogP contribution in [0, 0.1) is 6.92 Å². The van der Waals surface area contributed by atoms with Crippen LogP contribution in [-0.2, 0) is 32.5 Å². The van der Waals surface area contributed by atoms with Gasteiger partial charge in [0.1, 0.15) is 0 Å². The first-order valence-electron chi connectivity index (χ1n) is 28.0. The lowest BCUT2D eigenvalue weighted by Gasteiger charge is -2.48. The molecule has 0 N–H and O–H groups in total. The molecule has 0 radical (unpaired) electrons. The molecular formula is C72H77BN2. The van der Waals surface area contributed by atoms with Gasteiger partial charge in [-0.15, -0.1) is 0 Å². The molecule has 0 atom stereocenters. The van der Waals surface area contributed by atoms with Gasteiger partial charge in [-0.3, -0.25) is 0 Å². The first-order valence-corrected chi connectivity index (χ1v) is 28.0. The van der Waals surface area contributed by atoms with Gasteiger partial charge in [-0.2, -0.15) is 0 Å². The third kappa shape index (κ3) is 7.96. The topological polar surface area (TPSA) is 6.48 Å². The Morgan fingerprint density at radius 1 is 0.387 bits per heavy atom. The Bertz CT molecular complexity index is 3570. The maximum atomic E-state index is 2.70. The van der Waals surface area contributed by atoms with Gasteiger partial charge in [-0.25, -0.2) is 0 Å². The second kappa shape index (κ2) is 17.0. The zero-order valence-corrected chi connectivity index (χ0v) is 47.4. The quantitative estimate of drug-likeness (QED) is 0.153. The Kier molecular flexibility index (Phi) is 11.2. The second-order valence-electron chi connectivity index (χ2n) is 27.2. The Morgan fingerprint density at radius 3 is 1.53 bits per heavy atom. The van der Waals surface area contributed by atoms with E-state index in [1.807, 2.05) is 0 Å². The Balaban J connectivity index is 1.18. The van der Waals surface area contributed by atoms with E-state index in [1.165, 1.54) is 143 Å². The number of nitrogens with zero attached hydrogens (tertiary/aromatic N) is 2. The van der Waals surface area contributed by atoms with E-state index in [9.17, 15) is 0 Å². The lowest BCUT2D eigenvalue weighted by molar-refractivity contribution is 0.332. The molecule has 2 heterocycles. The molecule has 0 amide bonds. The molecule has 0 saturated heterocycles. The van der Waals surface area contributed by atoms with Crippen LogP contribution in [0.1, 0.15) is 160 Å². The predicted molar refractivity (Wildman–Crippen MR) is 324 cm³/mol. The van der Waals surface area contributed by atoms with Crippen LogP contribution in [0.25, 0.3) is 22.3 Å². The van der Waals surface area contributed by atoms with Crippen LogP contribution in [0.2, 0.25) is 0 Å². The first-order chi connectivity index (χ1) is 35.4. The molecule has 378 valence electrons. The third-order valence-corrected chi connectivity index (χ3v) is 18.9. The normalized spacial score (nSPS) is 17.6. The monoisotopic (exact) mass is 981 g/mol. The van der Waals surface area contributed by atoms with E-state index in [-0.39, 0.29) is 39.2 Å². The highest BCUT2D eigenvalue weighted by atomic mass is 15.2. The van der Waals surface area contributed by atoms with Crippen molar-refractivity contribution in [2.24, 2.45) is 0 Å². The molecule has 2 aliphatic carbocycles. The number of hydrogen-bond acceptors (Lipinski definition) is 2. The summed E-state index contributed by atoms with van der Waals surface area (Å²) < 4.78 is 0. The average Bonchev–Trinajstić information content (AvgIpc) is 3.42.